The van der Waals surface area contributed by atoms with Crippen LogP contribution in [-0.4, -0.2) is 30.5 Å². The number of methoxy groups -OCH3 is 1. The largest absolute Gasteiger partial charge is 0.490 e. The molecule has 0 bridgehead atoms. The van der Waals surface area contributed by atoms with Crippen LogP contribution in [-0.2, 0) is 16.0 Å². The number of ether oxygens (including phenoxy) is 2. The van der Waals surface area contributed by atoms with Crippen LogP contribution in [0, 0.1) is 10.1 Å². The van der Waals surface area contributed by atoms with Crippen molar-refractivity contribution in [3.8, 4) is 5.75 Å². The second-order valence-corrected chi connectivity index (χ2v) is 6.43. The summed E-state index contributed by atoms with van der Waals surface area (Å²) in [6, 6.07) is 11.6. The van der Waals surface area contributed by atoms with Crippen LogP contribution in [0.5, 0.6) is 5.75 Å². The number of hydrogen-bond donors (Lipinski definition) is 1. The molecule has 0 heterocycles. The van der Waals surface area contributed by atoms with Crippen LogP contribution in [0.1, 0.15) is 40.4 Å². The lowest BCUT2D eigenvalue weighted by molar-refractivity contribution is -0.385. The number of nitrogens with one attached hydrogen (secondary N) is 1. The summed E-state index contributed by atoms with van der Waals surface area (Å²) in [5.41, 5.74) is 1.92. The van der Waals surface area contributed by atoms with Gasteiger partial charge in [-0.3, -0.25) is 14.9 Å². The Hall–Kier alpha value is -3.42. The number of amides is 1. The third-order valence-corrected chi connectivity index (χ3v) is 4.65. The lowest BCUT2D eigenvalue weighted by Crippen LogP contribution is -2.34. The predicted molar refractivity (Wildman–Crippen MR) is 100 cm³/mol. The molecule has 1 amide bonds. The number of nitro groups is 1. The van der Waals surface area contributed by atoms with Crippen molar-refractivity contribution in [1.29, 1.82) is 0 Å². The first-order chi connectivity index (χ1) is 13.5. The standard InChI is InChI=1S/C20H20N2O6/c1-27-18-10-9-14(11-17(18)22(25)26)20(24)28-12-19(23)21-16-8-4-6-13-5-2-3-7-15(13)16/h2-3,5,7,9-11,16H,4,6,8,12H2,1H3,(H,21,23)/t16-/m1/s1. The lowest BCUT2D eigenvalue weighted by Gasteiger charge is -2.26. The van der Waals surface area contributed by atoms with Crippen molar-refractivity contribution < 1.29 is 24.0 Å². The van der Waals surface area contributed by atoms with Crippen LogP contribution in [0.2, 0.25) is 0 Å². The van der Waals surface area contributed by atoms with Gasteiger partial charge in [-0.2, -0.15) is 0 Å². The van der Waals surface area contributed by atoms with E-state index < -0.39 is 23.4 Å². The SMILES string of the molecule is COc1ccc(C(=O)OCC(=O)N[C@@H]2CCCc3ccccc32)cc1[N+](=O)[O-]. The minimum absolute atomic E-state index is 0.0247. The zero-order valence-electron chi connectivity index (χ0n) is 15.3. The van der Waals surface area contributed by atoms with Gasteiger partial charge in [-0.25, -0.2) is 4.79 Å². The predicted octanol–water partition coefficient (Wildman–Crippen LogP) is 2.95. The molecule has 0 spiro atoms. The van der Waals surface area contributed by atoms with Gasteiger partial charge in [0, 0.05) is 6.07 Å². The fraction of sp³-hybridized carbons (Fsp3) is 0.300. The molecule has 1 aliphatic rings. The quantitative estimate of drug-likeness (QED) is 0.466. The summed E-state index contributed by atoms with van der Waals surface area (Å²) in [5.74, 6) is -1.20. The Kier molecular flexibility index (Phi) is 5.88. The summed E-state index contributed by atoms with van der Waals surface area (Å²) in [5, 5.41) is 13.9. The molecule has 0 unspecified atom stereocenters. The summed E-state index contributed by atoms with van der Waals surface area (Å²) < 4.78 is 9.91. The van der Waals surface area contributed by atoms with Gasteiger partial charge in [-0.05, 0) is 42.5 Å². The Balaban J connectivity index is 1.60. The summed E-state index contributed by atoms with van der Waals surface area (Å²) in [6.07, 6.45) is 2.77. The molecule has 0 aliphatic heterocycles. The van der Waals surface area contributed by atoms with Gasteiger partial charge in [0.25, 0.3) is 5.91 Å². The normalized spacial score (nSPS) is 15.2. The molecule has 8 nitrogen and oxygen atoms in total. The fourth-order valence-corrected chi connectivity index (χ4v) is 3.31. The molecule has 3 rings (SSSR count). The van der Waals surface area contributed by atoms with E-state index in [1.54, 1.807) is 0 Å². The van der Waals surface area contributed by atoms with Crippen molar-refractivity contribution in [3.05, 3.63) is 69.3 Å². The second kappa shape index (κ2) is 8.51. The van der Waals surface area contributed by atoms with E-state index in [0.717, 1.165) is 30.9 Å². The highest BCUT2D eigenvalue weighted by Crippen LogP contribution is 2.29. The van der Waals surface area contributed by atoms with E-state index in [9.17, 15) is 19.7 Å². The highest BCUT2D eigenvalue weighted by Gasteiger charge is 2.23. The van der Waals surface area contributed by atoms with Crippen molar-refractivity contribution in [3.63, 3.8) is 0 Å². The highest BCUT2D eigenvalue weighted by molar-refractivity contribution is 5.92. The molecule has 8 heteroatoms. The van der Waals surface area contributed by atoms with Gasteiger partial charge in [-0.15, -0.1) is 0 Å². The van der Waals surface area contributed by atoms with Gasteiger partial charge in [-0.1, -0.05) is 24.3 Å². The third kappa shape index (κ3) is 4.28. The van der Waals surface area contributed by atoms with E-state index in [-0.39, 0.29) is 23.0 Å². The Morgan fingerprint density at radius 3 is 2.79 bits per heavy atom. The number of benzene rings is 2. The average Bonchev–Trinajstić information content (AvgIpc) is 2.71. The van der Waals surface area contributed by atoms with Crippen molar-refractivity contribution in [2.75, 3.05) is 13.7 Å². The van der Waals surface area contributed by atoms with Crippen molar-refractivity contribution in [1.82, 2.24) is 5.32 Å². The Bertz CT molecular complexity index is 911. The van der Waals surface area contributed by atoms with Crippen LogP contribution in [0.25, 0.3) is 0 Å². The number of rotatable bonds is 6. The van der Waals surface area contributed by atoms with Gasteiger partial charge in [0.2, 0.25) is 0 Å². The molecule has 1 N–H and O–H groups in total. The van der Waals surface area contributed by atoms with E-state index in [4.69, 9.17) is 9.47 Å². The molecule has 28 heavy (non-hydrogen) atoms. The third-order valence-electron chi connectivity index (χ3n) is 4.65. The summed E-state index contributed by atoms with van der Waals surface area (Å²) >= 11 is 0. The van der Waals surface area contributed by atoms with E-state index in [1.807, 2.05) is 24.3 Å². The first-order valence-electron chi connectivity index (χ1n) is 8.86. The van der Waals surface area contributed by atoms with Crippen LogP contribution >= 0.6 is 0 Å². The Morgan fingerprint density at radius 1 is 1.25 bits per heavy atom. The van der Waals surface area contributed by atoms with Gasteiger partial charge in [0.1, 0.15) is 0 Å². The van der Waals surface area contributed by atoms with Crippen molar-refractivity contribution in [2.24, 2.45) is 0 Å². The molecule has 0 fully saturated rings. The monoisotopic (exact) mass is 384 g/mol. The number of aryl methyl sites for hydroxylation is 1. The molecular formula is C20H20N2O6. The lowest BCUT2D eigenvalue weighted by atomic mass is 9.88. The summed E-state index contributed by atoms with van der Waals surface area (Å²) in [6.45, 7) is -0.461. The number of carbonyl (C=O) groups excluding carboxylic acids is 2. The average molecular weight is 384 g/mol. The molecule has 0 radical (unpaired) electrons. The van der Waals surface area contributed by atoms with Crippen LogP contribution in [0.15, 0.2) is 42.5 Å². The molecule has 0 aromatic heterocycles. The molecule has 1 atom stereocenters. The fourth-order valence-electron chi connectivity index (χ4n) is 3.31. The second-order valence-electron chi connectivity index (χ2n) is 6.43. The number of esters is 1. The highest BCUT2D eigenvalue weighted by atomic mass is 16.6. The first kappa shape index (κ1) is 19.3. The number of nitro benzene ring substituents is 1. The van der Waals surface area contributed by atoms with Crippen LogP contribution < -0.4 is 10.1 Å². The minimum atomic E-state index is -0.815. The Morgan fingerprint density at radius 2 is 2.04 bits per heavy atom. The number of hydrogen-bond acceptors (Lipinski definition) is 6. The minimum Gasteiger partial charge on any atom is -0.490 e. The smallest absolute Gasteiger partial charge is 0.338 e. The molecule has 146 valence electrons. The van der Waals surface area contributed by atoms with Gasteiger partial charge >= 0.3 is 11.7 Å². The zero-order valence-corrected chi connectivity index (χ0v) is 15.3. The Labute approximate surface area is 161 Å². The van der Waals surface area contributed by atoms with Gasteiger partial charge in [0.05, 0.1) is 23.6 Å². The van der Waals surface area contributed by atoms with Crippen LogP contribution in [0.4, 0.5) is 5.69 Å². The number of fused-ring (bicyclic) bond motifs is 1. The maximum atomic E-state index is 12.2. The summed E-state index contributed by atoms with van der Waals surface area (Å²) in [4.78, 5) is 34.8. The summed E-state index contributed by atoms with van der Waals surface area (Å²) in [7, 11) is 1.30. The molecule has 0 saturated heterocycles. The van der Waals surface area contributed by atoms with E-state index in [1.165, 1.54) is 24.8 Å². The number of carbonyl (C=O) groups is 2. The molecule has 0 saturated carbocycles. The first-order valence-corrected chi connectivity index (χ1v) is 8.86. The van der Waals surface area contributed by atoms with Crippen molar-refractivity contribution >= 4 is 17.6 Å². The van der Waals surface area contributed by atoms with E-state index >= 15 is 0 Å². The number of nitrogens with zero attached hydrogens (tertiary/aromatic N) is 1. The van der Waals surface area contributed by atoms with Gasteiger partial charge < -0.3 is 14.8 Å². The van der Waals surface area contributed by atoms with Crippen LogP contribution in [0.3, 0.4) is 0 Å². The molecule has 2 aromatic carbocycles. The molecule has 1 aliphatic carbocycles. The molecule has 2 aromatic rings. The zero-order chi connectivity index (χ0) is 20.1. The maximum Gasteiger partial charge on any atom is 0.338 e. The van der Waals surface area contributed by atoms with E-state index in [2.05, 4.69) is 5.32 Å². The van der Waals surface area contributed by atoms with Gasteiger partial charge in [0.15, 0.2) is 12.4 Å². The van der Waals surface area contributed by atoms with E-state index in [0.29, 0.717) is 0 Å². The topological polar surface area (TPSA) is 108 Å². The molecular weight excluding hydrogens is 364 g/mol. The maximum absolute atomic E-state index is 12.2. The van der Waals surface area contributed by atoms with Crippen molar-refractivity contribution in [2.45, 2.75) is 25.3 Å².